The fraction of sp³-hybridized carbons (Fsp3) is 0.632. The van der Waals surface area contributed by atoms with Crippen LogP contribution in [0.2, 0.25) is 5.15 Å². The lowest BCUT2D eigenvalue weighted by Gasteiger charge is -2.31. The Morgan fingerprint density at radius 3 is 2.26 bits per heavy atom. The molecule has 4 N–H and O–H groups in total. The summed E-state index contributed by atoms with van der Waals surface area (Å²) >= 11 is 5.95. The van der Waals surface area contributed by atoms with Crippen LogP contribution in [0, 0.1) is 0 Å². The van der Waals surface area contributed by atoms with E-state index in [4.69, 9.17) is 11.6 Å². The molecule has 1 aromatic heterocycles. The fourth-order valence-corrected chi connectivity index (χ4v) is 3.21. The molecule has 0 saturated heterocycles. The summed E-state index contributed by atoms with van der Waals surface area (Å²) in [5, 5.41) is 19.2. The number of aromatic nitrogens is 1. The van der Waals surface area contributed by atoms with Crippen LogP contribution in [0.25, 0.3) is 0 Å². The maximum absolute atomic E-state index is 12.7. The average molecular weight is 397 g/mol. The first-order valence-corrected chi connectivity index (χ1v) is 9.70. The van der Waals surface area contributed by atoms with Gasteiger partial charge in [-0.25, -0.2) is 4.98 Å². The van der Waals surface area contributed by atoms with Gasteiger partial charge in [0.05, 0.1) is 11.3 Å². The summed E-state index contributed by atoms with van der Waals surface area (Å²) in [6, 6.07) is 1.87. The lowest BCUT2D eigenvalue weighted by Crippen LogP contribution is -2.49. The van der Waals surface area contributed by atoms with Crippen LogP contribution in [0.1, 0.15) is 63.7 Å². The lowest BCUT2D eigenvalue weighted by molar-refractivity contribution is -0.137. The Bertz CT molecular complexity index is 680. The number of rotatable bonds is 6. The minimum Gasteiger partial charge on any atom is -0.382 e. The average Bonchev–Trinajstić information content (AvgIpc) is 2.55. The van der Waals surface area contributed by atoms with Crippen molar-refractivity contribution in [2.45, 2.75) is 77.1 Å². The highest BCUT2D eigenvalue weighted by Gasteiger charge is 2.29. The molecule has 1 aromatic rings. The van der Waals surface area contributed by atoms with E-state index in [2.05, 4.69) is 20.9 Å². The van der Waals surface area contributed by atoms with Crippen LogP contribution < -0.4 is 16.0 Å². The number of carbonyl (C=O) groups is 2. The Hall–Kier alpha value is -1.86. The van der Waals surface area contributed by atoms with Gasteiger partial charge in [0.2, 0.25) is 0 Å². The largest absolute Gasteiger partial charge is 0.382 e. The Morgan fingerprint density at radius 1 is 1.19 bits per heavy atom. The van der Waals surface area contributed by atoms with Crippen molar-refractivity contribution in [2.24, 2.45) is 0 Å². The number of pyridine rings is 1. The normalized spacial score (nSPS) is 20.3. The van der Waals surface area contributed by atoms with Gasteiger partial charge in [0, 0.05) is 24.3 Å². The highest BCUT2D eigenvalue weighted by Crippen LogP contribution is 2.23. The zero-order chi connectivity index (χ0) is 20.2. The van der Waals surface area contributed by atoms with Gasteiger partial charge in [0.1, 0.15) is 10.8 Å². The van der Waals surface area contributed by atoms with E-state index in [9.17, 15) is 14.7 Å². The number of hydrogen-bond donors (Lipinski definition) is 4. The number of halogens is 1. The molecule has 0 spiro atoms. The summed E-state index contributed by atoms with van der Waals surface area (Å²) < 4.78 is 0. The molecule has 150 valence electrons. The second kappa shape index (κ2) is 8.89. The minimum absolute atomic E-state index is 0.0208. The van der Waals surface area contributed by atoms with Crippen LogP contribution in [-0.4, -0.2) is 45.6 Å². The lowest BCUT2D eigenvalue weighted by atomic mass is 9.90. The predicted octanol–water partition coefficient (Wildman–Crippen LogP) is 2.48. The van der Waals surface area contributed by atoms with Crippen molar-refractivity contribution in [3.8, 4) is 0 Å². The first kappa shape index (κ1) is 21.4. The molecule has 1 heterocycles. The molecule has 7 nitrogen and oxygen atoms in total. The molecular weight excluding hydrogens is 368 g/mol. The molecule has 1 saturated carbocycles. The Kier molecular flexibility index (Phi) is 7.06. The number of anilines is 1. The molecule has 0 unspecified atom stereocenters. The number of nitrogens with zero attached hydrogens (tertiary/aromatic N) is 1. The molecule has 8 heteroatoms. The molecule has 0 aromatic carbocycles. The highest BCUT2D eigenvalue weighted by molar-refractivity contribution is 6.29. The van der Waals surface area contributed by atoms with Crippen LogP contribution in [0.3, 0.4) is 0 Å². The standard InChI is InChI=1S/C19H29ClN4O3/c1-11(2)22-15-9-16(20)21-10-14(15)17(25)23-12-5-7-13(8-6-12)24-18(26)19(3,4)27/h9-13,27H,5-8H2,1-4H3,(H,21,22)(H,23,25)(H,24,26). The van der Waals surface area contributed by atoms with E-state index >= 15 is 0 Å². The van der Waals surface area contributed by atoms with Gasteiger partial charge in [-0.2, -0.15) is 0 Å². The van der Waals surface area contributed by atoms with Crippen molar-refractivity contribution in [1.29, 1.82) is 0 Å². The monoisotopic (exact) mass is 396 g/mol. The van der Waals surface area contributed by atoms with Gasteiger partial charge in [-0.1, -0.05) is 11.6 Å². The first-order valence-electron chi connectivity index (χ1n) is 9.32. The SMILES string of the molecule is CC(C)Nc1cc(Cl)ncc1C(=O)NC1CCC(NC(=O)C(C)(C)O)CC1. The fourth-order valence-electron chi connectivity index (χ4n) is 3.05. The Morgan fingerprint density at radius 2 is 1.74 bits per heavy atom. The summed E-state index contributed by atoms with van der Waals surface area (Å²) in [7, 11) is 0. The van der Waals surface area contributed by atoms with E-state index in [0.717, 1.165) is 25.7 Å². The molecule has 2 amide bonds. The number of amides is 2. The van der Waals surface area contributed by atoms with Gasteiger partial charge in [0.15, 0.2) is 0 Å². The molecule has 2 rings (SSSR count). The van der Waals surface area contributed by atoms with Gasteiger partial charge in [-0.05, 0) is 59.4 Å². The quantitative estimate of drug-likeness (QED) is 0.553. The van der Waals surface area contributed by atoms with Crippen molar-refractivity contribution in [3.05, 3.63) is 23.0 Å². The van der Waals surface area contributed by atoms with Crippen LogP contribution in [0.5, 0.6) is 0 Å². The molecule has 1 fully saturated rings. The molecule has 0 aliphatic heterocycles. The second-order valence-corrected chi connectivity index (χ2v) is 8.29. The third kappa shape index (κ3) is 6.36. The van der Waals surface area contributed by atoms with Crippen molar-refractivity contribution >= 4 is 29.1 Å². The summed E-state index contributed by atoms with van der Waals surface area (Å²) in [6.45, 7) is 6.91. The van der Waals surface area contributed by atoms with Gasteiger partial charge in [-0.15, -0.1) is 0 Å². The van der Waals surface area contributed by atoms with E-state index in [-0.39, 0.29) is 29.9 Å². The van der Waals surface area contributed by atoms with Crippen molar-refractivity contribution in [1.82, 2.24) is 15.6 Å². The van der Waals surface area contributed by atoms with Gasteiger partial charge >= 0.3 is 0 Å². The molecule has 0 radical (unpaired) electrons. The topological polar surface area (TPSA) is 103 Å². The highest BCUT2D eigenvalue weighted by atomic mass is 35.5. The van der Waals surface area contributed by atoms with Crippen LogP contribution >= 0.6 is 11.6 Å². The molecule has 27 heavy (non-hydrogen) atoms. The Balaban J connectivity index is 1.92. The molecule has 1 aliphatic carbocycles. The summed E-state index contributed by atoms with van der Waals surface area (Å²) in [5.41, 5.74) is -0.258. The van der Waals surface area contributed by atoms with E-state index in [1.807, 2.05) is 13.8 Å². The van der Waals surface area contributed by atoms with Crippen molar-refractivity contribution in [3.63, 3.8) is 0 Å². The number of hydrogen-bond acceptors (Lipinski definition) is 5. The zero-order valence-electron chi connectivity index (χ0n) is 16.3. The molecule has 0 atom stereocenters. The summed E-state index contributed by atoms with van der Waals surface area (Å²) in [5.74, 6) is -0.557. The van der Waals surface area contributed by atoms with Gasteiger partial charge in [-0.3, -0.25) is 9.59 Å². The van der Waals surface area contributed by atoms with E-state index < -0.39 is 5.60 Å². The van der Waals surface area contributed by atoms with Crippen molar-refractivity contribution in [2.75, 3.05) is 5.32 Å². The summed E-state index contributed by atoms with van der Waals surface area (Å²) in [6.07, 6.45) is 4.51. The van der Waals surface area contributed by atoms with E-state index in [0.29, 0.717) is 16.4 Å². The third-order valence-corrected chi connectivity index (χ3v) is 4.72. The molecule has 1 aliphatic rings. The first-order chi connectivity index (χ1) is 12.6. The molecule has 0 bridgehead atoms. The van der Waals surface area contributed by atoms with E-state index in [1.54, 1.807) is 6.07 Å². The zero-order valence-corrected chi connectivity index (χ0v) is 17.1. The van der Waals surface area contributed by atoms with Crippen LogP contribution in [0.4, 0.5) is 5.69 Å². The van der Waals surface area contributed by atoms with Crippen LogP contribution in [0.15, 0.2) is 12.3 Å². The maximum atomic E-state index is 12.7. The Labute approximate surface area is 165 Å². The maximum Gasteiger partial charge on any atom is 0.255 e. The smallest absolute Gasteiger partial charge is 0.255 e. The van der Waals surface area contributed by atoms with Crippen molar-refractivity contribution < 1.29 is 14.7 Å². The molecular formula is C19H29ClN4O3. The van der Waals surface area contributed by atoms with E-state index in [1.165, 1.54) is 20.0 Å². The predicted molar refractivity (Wildman–Crippen MR) is 106 cm³/mol. The summed E-state index contributed by atoms with van der Waals surface area (Å²) in [4.78, 5) is 28.6. The van der Waals surface area contributed by atoms with Gasteiger partial charge < -0.3 is 21.1 Å². The minimum atomic E-state index is -1.38. The number of carbonyl (C=O) groups excluding carboxylic acids is 2. The number of nitrogens with one attached hydrogen (secondary N) is 3. The number of aliphatic hydroxyl groups is 1. The third-order valence-electron chi connectivity index (χ3n) is 4.51. The van der Waals surface area contributed by atoms with Gasteiger partial charge in [0.25, 0.3) is 11.8 Å². The van der Waals surface area contributed by atoms with Crippen LogP contribution in [-0.2, 0) is 4.79 Å². The second-order valence-electron chi connectivity index (χ2n) is 7.91.